The fourth-order valence-electron chi connectivity index (χ4n) is 1.69. The summed E-state index contributed by atoms with van der Waals surface area (Å²) >= 11 is 0. The van der Waals surface area contributed by atoms with Crippen molar-refractivity contribution in [2.24, 2.45) is 0 Å². The molecule has 0 radical (unpaired) electrons. The topological polar surface area (TPSA) is 63.5 Å². The van der Waals surface area contributed by atoms with Crippen molar-refractivity contribution in [3.05, 3.63) is 24.0 Å². The van der Waals surface area contributed by atoms with Crippen molar-refractivity contribution >= 4 is 5.91 Å². The van der Waals surface area contributed by atoms with Gasteiger partial charge in [-0.2, -0.15) is 0 Å². The van der Waals surface area contributed by atoms with Gasteiger partial charge in [0.15, 0.2) is 0 Å². The van der Waals surface area contributed by atoms with E-state index in [0.717, 1.165) is 19.4 Å². The molecular weight excluding hydrogens is 232 g/mol. The number of amides is 1. The molecule has 0 saturated heterocycles. The van der Waals surface area contributed by atoms with Gasteiger partial charge in [0.1, 0.15) is 5.69 Å². The average molecular weight is 254 g/mol. The molecule has 5 nitrogen and oxygen atoms in total. The van der Waals surface area contributed by atoms with Crippen molar-refractivity contribution in [2.75, 3.05) is 26.4 Å². The van der Waals surface area contributed by atoms with Crippen LogP contribution in [-0.2, 0) is 11.3 Å². The third kappa shape index (κ3) is 4.89. The van der Waals surface area contributed by atoms with Gasteiger partial charge >= 0.3 is 0 Å². The van der Waals surface area contributed by atoms with Crippen molar-refractivity contribution in [2.45, 2.75) is 26.3 Å². The number of aliphatic hydroxyl groups excluding tert-OH is 1. The van der Waals surface area contributed by atoms with E-state index in [1.54, 1.807) is 0 Å². The van der Waals surface area contributed by atoms with E-state index in [9.17, 15) is 4.79 Å². The van der Waals surface area contributed by atoms with Crippen LogP contribution in [0.4, 0.5) is 0 Å². The standard InChI is InChI=1S/C13H22N2O3/c1-2-7-15-8-3-5-12(15)13(17)14-6-4-10-18-11-9-16/h3,5,8,16H,2,4,6-7,9-11H2,1H3,(H,14,17). The molecule has 0 aliphatic carbocycles. The Morgan fingerprint density at radius 1 is 1.50 bits per heavy atom. The molecule has 5 heteroatoms. The highest BCUT2D eigenvalue weighted by Crippen LogP contribution is 2.03. The van der Waals surface area contributed by atoms with Gasteiger partial charge in [0.25, 0.3) is 5.91 Å². The third-order valence-corrected chi connectivity index (χ3v) is 2.51. The van der Waals surface area contributed by atoms with Gasteiger partial charge in [-0.05, 0) is 25.0 Å². The molecule has 0 fully saturated rings. The zero-order chi connectivity index (χ0) is 13.2. The lowest BCUT2D eigenvalue weighted by Crippen LogP contribution is -2.27. The largest absolute Gasteiger partial charge is 0.394 e. The Labute approximate surface area is 108 Å². The van der Waals surface area contributed by atoms with Crippen LogP contribution in [0, 0.1) is 0 Å². The minimum Gasteiger partial charge on any atom is -0.394 e. The molecule has 0 aliphatic rings. The summed E-state index contributed by atoms with van der Waals surface area (Å²) in [5.41, 5.74) is 0.702. The summed E-state index contributed by atoms with van der Waals surface area (Å²) in [6.45, 7) is 4.47. The number of nitrogens with zero attached hydrogens (tertiary/aromatic N) is 1. The highest BCUT2D eigenvalue weighted by Gasteiger charge is 2.08. The van der Waals surface area contributed by atoms with Gasteiger partial charge in [0.2, 0.25) is 0 Å². The second-order valence-corrected chi connectivity index (χ2v) is 4.03. The molecule has 0 atom stereocenters. The Kier molecular flexibility index (Phi) is 7.13. The van der Waals surface area contributed by atoms with Crippen molar-refractivity contribution in [3.8, 4) is 0 Å². The Hall–Kier alpha value is -1.33. The molecule has 0 spiro atoms. The summed E-state index contributed by atoms with van der Waals surface area (Å²) in [6, 6.07) is 3.71. The van der Waals surface area contributed by atoms with Crippen LogP contribution in [0.2, 0.25) is 0 Å². The fraction of sp³-hybridized carbons (Fsp3) is 0.615. The normalized spacial score (nSPS) is 10.6. The number of carbonyl (C=O) groups excluding carboxylic acids is 1. The molecule has 2 N–H and O–H groups in total. The van der Waals surface area contributed by atoms with Gasteiger partial charge in [0, 0.05) is 25.9 Å². The minimum absolute atomic E-state index is 0.0386. The Morgan fingerprint density at radius 2 is 2.33 bits per heavy atom. The van der Waals surface area contributed by atoms with Gasteiger partial charge in [0.05, 0.1) is 13.2 Å². The Morgan fingerprint density at radius 3 is 3.06 bits per heavy atom. The number of aromatic nitrogens is 1. The van der Waals surface area contributed by atoms with E-state index >= 15 is 0 Å². The number of aliphatic hydroxyl groups is 1. The van der Waals surface area contributed by atoms with Gasteiger partial charge in [-0.15, -0.1) is 0 Å². The van der Waals surface area contributed by atoms with E-state index in [-0.39, 0.29) is 12.5 Å². The van der Waals surface area contributed by atoms with Crippen LogP contribution in [0.15, 0.2) is 18.3 Å². The third-order valence-electron chi connectivity index (χ3n) is 2.51. The first-order valence-electron chi connectivity index (χ1n) is 6.41. The van der Waals surface area contributed by atoms with Gasteiger partial charge in [-0.1, -0.05) is 6.92 Å². The zero-order valence-corrected chi connectivity index (χ0v) is 10.9. The molecule has 1 aromatic rings. The quantitative estimate of drug-likeness (QED) is 0.647. The molecule has 0 bridgehead atoms. The maximum absolute atomic E-state index is 11.9. The summed E-state index contributed by atoms with van der Waals surface area (Å²) < 4.78 is 7.07. The van der Waals surface area contributed by atoms with Crippen molar-refractivity contribution in [1.82, 2.24) is 9.88 Å². The lowest BCUT2D eigenvalue weighted by molar-refractivity contribution is 0.0864. The number of rotatable bonds is 9. The van der Waals surface area contributed by atoms with Crippen molar-refractivity contribution < 1.29 is 14.6 Å². The van der Waals surface area contributed by atoms with Crippen LogP contribution in [0.1, 0.15) is 30.3 Å². The number of nitrogens with one attached hydrogen (secondary N) is 1. The van der Waals surface area contributed by atoms with E-state index in [0.29, 0.717) is 25.5 Å². The van der Waals surface area contributed by atoms with E-state index in [2.05, 4.69) is 12.2 Å². The monoisotopic (exact) mass is 254 g/mol. The molecule has 1 rings (SSSR count). The van der Waals surface area contributed by atoms with Gasteiger partial charge in [-0.25, -0.2) is 0 Å². The SMILES string of the molecule is CCCn1cccc1C(=O)NCCCOCCO. The molecule has 0 aliphatic heterocycles. The van der Waals surface area contributed by atoms with Crippen LogP contribution < -0.4 is 5.32 Å². The first kappa shape index (κ1) is 14.7. The lowest BCUT2D eigenvalue weighted by Gasteiger charge is -2.08. The maximum Gasteiger partial charge on any atom is 0.267 e. The molecule has 1 heterocycles. The predicted molar refractivity (Wildman–Crippen MR) is 69.6 cm³/mol. The summed E-state index contributed by atoms with van der Waals surface area (Å²) in [6.07, 6.45) is 3.67. The van der Waals surface area contributed by atoms with Crippen LogP contribution >= 0.6 is 0 Å². The molecule has 0 aromatic carbocycles. The average Bonchev–Trinajstić information content (AvgIpc) is 2.82. The fourth-order valence-corrected chi connectivity index (χ4v) is 1.69. The van der Waals surface area contributed by atoms with Crippen molar-refractivity contribution in [3.63, 3.8) is 0 Å². The summed E-state index contributed by atoms with van der Waals surface area (Å²) in [5, 5.41) is 11.4. The highest BCUT2D eigenvalue weighted by molar-refractivity contribution is 5.92. The molecule has 18 heavy (non-hydrogen) atoms. The number of hydrogen-bond donors (Lipinski definition) is 2. The Bertz CT molecular complexity index is 350. The van der Waals surface area contributed by atoms with Crippen LogP contribution in [0.25, 0.3) is 0 Å². The first-order valence-corrected chi connectivity index (χ1v) is 6.41. The van der Waals surface area contributed by atoms with Crippen LogP contribution in [-0.4, -0.2) is 41.9 Å². The zero-order valence-electron chi connectivity index (χ0n) is 10.9. The number of aryl methyl sites for hydroxylation is 1. The maximum atomic E-state index is 11.9. The molecule has 0 saturated carbocycles. The molecule has 0 unspecified atom stereocenters. The molecular formula is C13H22N2O3. The number of ether oxygens (including phenoxy) is 1. The van der Waals surface area contributed by atoms with Gasteiger partial charge < -0.3 is 19.7 Å². The number of hydrogen-bond acceptors (Lipinski definition) is 3. The number of carbonyl (C=O) groups is 1. The lowest BCUT2D eigenvalue weighted by atomic mass is 10.3. The van der Waals surface area contributed by atoms with Crippen molar-refractivity contribution in [1.29, 1.82) is 0 Å². The second-order valence-electron chi connectivity index (χ2n) is 4.03. The first-order chi connectivity index (χ1) is 8.79. The molecule has 1 amide bonds. The van der Waals surface area contributed by atoms with E-state index in [4.69, 9.17) is 9.84 Å². The minimum atomic E-state index is -0.0457. The van der Waals surface area contributed by atoms with Gasteiger partial charge in [-0.3, -0.25) is 4.79 Å². The summed E-state index contributed by atoms with van der Waals surface area (Å²) in [5.74, 6) is -0.0457. The van der Waals surface area contributed by atoms with Crippen LogP contribution in [0.3, 0.4) is 0 Å². The molecule has 102 valence electrons. The molecule has 1 aromatic heterocycles. The smallest absolute Gasteiger partial charge is 0.267 e. The highest BCUT2D eigenvalue weighted by atomic mass is 16.5. The van der Waals surface area contributed by atoms with E-state index in [1.807, 2.05) is 22.9 Å². The summed E-state index contributed by atoms with van der Waals surface area (Å²) in [7, 11) is 0. The van der Waals surface area contributed by atoms with Crippen LogP contribution in [0.5, 0.6) is 0 Å². The Balaban J connectivity index is 2.25. The second kappa shape index (κ2) is 8.72. The summed E-state index contributed by atoms with van der Waals surface area (Å²) in [4.78, 5) is 11.9. The predicted octanol–water partition coefficient (Wildman–Crippen LogP) is 1.03. The van der Waals surface area contributed by atoms with E-state index in [1.165, 1.54) is 0 Å². The van der Waals surface area contributed by atoms with E-state index < -0.39 is 0 Å².